The first-order valence-electron chi connectivity index (χ1n) is 5.42. The van der Waals surface area contributed by atoms with E-state index < -0.39 is 0 Å². The van der Waals surface area contributed by atoms with Crippen LogP contribution in [0, 0.1) is 0 Å². The van der Waals surface area contributed by atoms with Crippen molar-refractivity contribution < 1.29 is 4.79 Å². The number of benzene rings is 1. The summed E-state index contributed by atoms with van der Waals surface area (Å²) in [5, 5.41) is 0. The maximum absolute atomic E-state index is 12.3. The highest BCUT2D eigenvalue weighted by atomic mass is 16.1. The van der Waals surface area contributed by atoms with Gasteiger partial charge in [-0.1, -0.05) is 35.9 Å². The highest BCUT2D eigenvalue weighted by molar-refractivity contribution is 6.21. The first-order chi connectivity index (χ1) is 8.11. The van der Waals surface area contributed by atoms with Crippen LogP contribution in [0.15, 0.2) is 58.2 Å². The molecule has 2 N–H and O–H groups in total. The summed E-state index contributed by atoms with van der Waals surface area (Å²) in [6, 6.07) is 9.15. The Morgan fingerprint density at radius 3 is 2.41 bits per heavy atom. The van der Waals surface area contributed by atoms with Crippen LogP contribution in [-0.2, 0) is 0 Å². The van der Waals surface area contributed by atoms with Crippen LogP contribution < -0.4 is 5.73 Å². The second kappa shape index (κ2) is 4.37. The van der Waals surface area contributed by atoms with Gasteiger partial charge in [0.05, 0.1) is 5.57 Å². The summed E-state index contributed by atoms with van der Waals surface area (Å²) >= 11 is 0. The number of nitrogens with two attached hydrogens (primary N) is 1. The average Bonchev–Trinajstić information content (AvgIpc) is 2.71. The molecule has 86 valence electrons. The van der Waals surface area contributed by atoms with Gasteiger partial charge in [-0.15, -0.1) is 0 Å². The summed E-state index contributed by atoms with van der Waals surface area (Å²) in [6.07, 6.45) is 1.55. The molecule has 1 aromatic carbocycles. The minimum atomic E-state index is -0.0361. The zero-order valence-electron chi connectivity index (χ0n) is 9.90. The normalized spacial score (nSPS) is 14.4. The number of amidine groups is 1. The van der Waals surface area contributed by atoms with Crippen molar-refractivity contribution in [3.63, 3.8) is 0 Å². The summed E-state index contributed by atoms with van der Waals surface area (Å²) in [5.41, 5.74) is 8.77. The molecule has 0 radical (unpaired) electrons. The van der Waals surface area contributed by atoms with E-state index in [1.165, 1.54) is 0 Å². The predicted molar refractivity (Wildman–Crippen MR) is 68.9 cm³/mol. The number of rotatable bonds is 2. The second-order valence-corrected chi connectivity index (χ2v) is 4.13. The number of carbonyl (C=O) groups is 1. The van der Waals surface area contributed by atoms with Crippen LogP contribution in [0.5, 0.6) is 0 Å². The Morgan fingerprint density at radius 1 is 1.18 bits per heavy atom. The second-order valence-electron chi connectivity index (χ2n) is 4.13. The Hall–Kier alpha value is -2.16. The molecule has 0 aliphatic carbocycles. The fraction of sp³-hybridized carbons (Fsp3) is 0.143. The molecule has 0 saturated carbocycles. The van der Waals surface area contributed by atoms with Gasteiger partial charge in [-0.05, 0) is 13.8 Å². The highest BCUT2D eigenvalue weighted by Crippen LogP contribution is 2.24. The molecule has 1 aliphatic heterocycles. The number of hydrogen-bond acceptors (Lipinski definition) is 3. The molecule has 3 nitrogen and oxygen atoms in total. The standard InChI is InChI=1S/C14H14N2O/c1-9(2)12-11(8-16-14(12)15)13(17)10-6-4-3-5-7-10/h3-8H,1-2H3,(H2,15,16). The topological polar surface area (TPSA) is 55.5 Å². The maximum atomic E-state index is 12.3. The van der Waals surface area contributed by atoms with Gasteiger partial charge in [-0.25, -0.2) is 4.99 Å². The molecule has 0 bridgehead atoms. The number of allylic oxidation sites excluding steroid dienone is 1. The van der Waals surface area contributed by atoms with Crippen LogP contribution >= 0.6 is 0 Å². The number of ketones is 1. The molecule has 2 rings (SSSR count). The zero-order chi connectivity index (χ0) is 12.4. The summed E-state index contributed by atoms with van der Waals surface area (Å²) in [6.45, 7) is 3.85. The van der Waals surface area contributed by atoms with Crippen molar-refractivity contribution >= 4 is 11.6 Å². The smallest absolute Gasteiger partial charge is 0.195 e. The van der Waals surface area contributed by atoms with Gasteiger partial charge >= 0.3 is 0 Å². The van der Waals surface area contributed by atoms with E-state index in [0.29, 0.717) is 17.0 Å². The molecular formula is C14H14N2O. The van der Waals surface area contributed by atoms with Crippen LogP contribution in [-0.4, -0.2) is 11.6 Å². The molecule has 1 heterocycles. The third kappa shape index (κ3) is 2.04. The first kappa shape index (κ1) is 11.3. The number of carbonyl (C=O) groups excluding carboxylic acids is 1. The lowest BCUT2D eigenvalue weighted by molar-refractivity contribution is 0.103. The number of Topliss-reactive ketones (excluding diaryl/α,β-unsaturated/α-hetero) is 1. The fourth-order valence-corrected chi connectivity index (χ4v) is 1.84. The van der Waals surface area contributed by atoms with Gasteiger partial charge < -0.3 is 5.73 Å². The van der Waals surface area contributed by atoms with Crippen molar-refractivity contribution in [3.8, 4) is 0 Å². The lowest BCUT2D eigenvalue weighted by Crippen LogP contribution is -2.17. The van der Waals surface area contributed by atoms with Crippen molar-refractivity contribution in [2.75, 3.05) is 0 Å². The van der Waals surface area contributed by atoms with Gasteiger partial charge in [-0.3, -0.25) is 4.79 Å². The lowest BCUT2D eigenvalue weighted by atomic mass is 9.95. The first-order valence-corrected chi connectivity index (χ1v) is 5.42. The van der Waals surface area contributed by atoms with Crippen molar-refractivity contribution in [3.05, 3.63) is 58.8 Å². The van der Waals surface area contributed by atoms with Crippen molar-refractivity contribution in [2.24, 2.45) is 10.7 Å². The van der Waals surface area contributed by atoms with E-state index in [9.17, 15) is 4.79 Å². The minimum absolute atomic E-state index is 0.0361. The molecule has 3 heteroatoms. The molecule has 1 aliphatic rings. The predicted octanol–water partition coefficient (Wildman–Crippen LogP) is 2.46. The van der Waals surface area contributed by atoms with E-state index in [2.05, 4.69) is 4.99 Å². The molecule has 0 atom stereocenters. The summed E-state index contributed by atoms with van der Waals surface area (Å²) < 4.78 is 0. The van der Waals surface area contributed by atoms with Gasteiger partial charge in [-0.2, -0.15) is 0 Å². The average molecular weight is 226 g/mol. The van der Waals surface area contributed by atoms with Crippen molar-refractivity contribution in [1.82, 2.24) is 0 Å². The molecular weight excluding hydrogens is 212 g/mol. The lowest BCUT2D eigenvalue weighted by Gasteiger charge is -2.07. The maximum Gasteiger partial charge on any atom is 0.195 e. The van der Waals surface area contributed by atoms with Crippen molar-refractivity contribution in [2.45, 2.75) is 13.8 Å². The fourth-order valence-electron chi connectivity index (χ4n) is 1.84. The minimum Gasteiger partial charge on any atom is -0.383 e. The number of nitrogens with zero attached hydrogens (tertiary/aromatic N) is 1. The van der Waals surface area contributed by atoms with Crippen LogP contribution in [0.2, 0.25) is 0 Å². The Kier molecular flexibility index (Phi) is 2.91. The van der Waals surface area contributed by atoms with E-state index in [1.54, 1.807) is 18.3 Å². The molecule has 1 aromatic rings. The Labute approximate surface area is 100 Å². The highest BCUT2D eigenvalue weighted by Gasteiger charge is 2.23. The Balaban J connectivity index is 2.39. The van der Waals surface area contributed by atoms with Crippen LogP contribution in [0.4, 0.5) is 0 Å². The molecule has 17 heavy (non-hydrogen) atoms. The van der Waals surface area contributed by atoms with E-state index >= 15 is 0 Å². The van der Waals surface area contributed by atoms with E-state index in [0.717, 1.165) is 11.1 Å². The molecule has 0 spiro atoms. The van der Waals surface area contributed by atoms with Crippen LogP contribution in [0.3, 0.4) is 0 Å². The van der Waals surface area contributed by atoms with E-state index in [4.69, 9.17) is 5.73 Å². The monoisotopic (exact) mass is 226 g/mol. The summed E-state index contributed by atoms with van der Waals surface area (Å²) in [5.74, 6) is 0.385. The van der Waals surface area contributed by atoms with Gasteiger partial charge in [0.25, 0.3) is 0 Å². The summed E-state index contributed by atoms with van der Waals surface area (Å²) in [7, 11) is 0. The third-order valence-corrected chi connectivity index (χ3v) is 2.64. The molecule has 0 saturated heterocycles. The van der Waals surface area contributed by atoms with Gasteiger partial charge in [0.15, 0.2) is 5.78 Å². The van der Waals surface area contributed by atoms with E-state index in [1.807, 2.05) is 32.0 Å². The zero-order valence-corrected chi connectivity index (χ0v) is 9.90. The summed E-state index contributed by atoms with van der Waals surface area (Å²) in [4.78, 5) is 16.3. The quantitative estimate of drug-likeness (QED) is 0.787. The molecule has 0 amide bonds. The Morgan fingerprint density at radius 2 is 1.82 bits per heavy atom. The third-order valence-electron chi connectivity index (χ3n) is 2.64. The van der Waals surface area contributed by atoms with Crippen molar-refractivity contribution in [1.29, 1.82) is 0 Å². The van der Waals surface area contributed by atoms with Crippen LogP contribution in [0.25, 0.3) is 0 Å². The Bertz CT molecular complexity index is 547. The van der Waals surface area contributed by atoms with Gasteiger partial charge in [0.1, 0.15) is 5.84 Å². The molecule has 0 aromatic heterocycles. The molecule has 0 fully saturated rings. The van der Waals surface area contributed by atoms with Crippen LogP contribution in [0.1, 0.15) is 24.2 Å². The van der Waals surface area contributed by atoms with E-state index in [-0.39, 0.29) is 5.78 Å². The van der Waals surface area contributed by atoms with Gasteiger partial charge in [0.2, 0.25) is 0 Å². The number of hydrogen-bond donors (Lipinski definition) is 1. The number of aliphatic imine (C=N–C) groups is 1. The van der Waals surface area contributed by atoms with Gasteiger partial charge in [0, 0.05) is 17.3 Å². The molecule has 0 unspecified atom stereocenters. The largest absolute Gasteiger partial charge is 0.383 e. The SMILES string of the molecule is CC(C)=C1C(C(=O)c2ccccc2)=CN=C1N.